The summed E-state index contributed by atoms with van der Waals surface area (Å²) in [4.78, 5) is 22.9. The molecule has 0 rings (SSSR count). The first kappa shape index (κ1) is 20.3. The third-order valence-corrected chi connectivity index (χ3v) is 2.68. The van der Waals surface area contributed by atoms with Gasteiger partial charge in [0, 0.05) is 25.3 Å². The van der Waals surface area contributed by atoms with Crippen LogP contribution in [0.2, 0.25) is 0 Å². The van der Waals surface area contributed by atoms with Crippen LogP contribution in [-0.2, 0) is 9.59 Å². The zero-order valence-electron chi connectivity index (χ0n) is 14.3. The quantitative estimate of drug-likeness (QED) is 0.349. The predicted octanol–water partition coefficient (Wildman–Crippen LogP) is 2.84. The summed E-state index contributed by atoms with van der Waals surface area (Å²) in [5, 5.41) is 7.72. The van der Waals surface area contributed by atoms with Crippen LogP contribution in [0, 0.1) is 11.8 Å². The molecule has 0 aliphatic carbocycles. The van der Waals surface area contributed by atoms with Gasteiger partial charge in [-0.2, -0.15) is 10.2 Å². The van der Waals surface area contributed by atoms with Crippen LogP contribution in [-0.4, -0.2) is 24.2 Å². The second-order valence-electron chi connectivity index (χ2n) is 6.03. The van der Waals surface area contributed by atoms with Crippen molar-refractivity contribution in [1.29, 1.82) is 0 Å². The third-order valence-electron chi connectivity index (χ3n) is 2.68. The molecule has 6 heteroatoms. The standard InChI is InChI=1S/C16H30N4O2/c1-13(2)11-17-19-15(21)9-7-5-6-8-10-16(22)20-18-12-14(3)4/h11-14H,5-10H2,1-4H3,(H,19,21)(H,20,22)/b17-11-,18-12-. The van der Waals surface area contributed by atoms with Crippen molar-refractivity contribution in [3.8, 4) is 0 Å². The molecule has 22 heavy (non-hydrogen) atoms. The largest absolute Gasteiger partial charge is 0.273 e. The number of amides is 2. The van der Waals surface area contributed by atoms with E-state index in [9.17, 15) is 9.59 Å². The van der Waals surface area contributed by atoms with Gasteiger partial charge in [0.25, 0.3) is 0 Å². The summed E-state index contributed by atoms with van der Waals surface area (Å²) in [6, 6.07) is 0. The Morgan fingerprint density at radius 1 is 0.773 bits per heavy atom. The molecule has 0 radical (unpaired) electrons. The molecule has 0 heterocycles. The van der Waals surface area contributed by atoms with Gasteiger partial charge in [0.05, 0.1) is 0 Å². The number of carbonyl (C=O) groups excluding carboxylic acids is 2. The smallest absolute Gasteiger partial charge is 0.240 e. The van der Waals surface area contributed by atoms with Gasteiger partial charge in [-0.25, -0.2) is 10.9 Å². The topological polar surface area (TPSA) is 82.9 Å². The maximum atomic E-state index is 11.4. The lowest BCUT2D eigenvalue weighted by molar-refractivity contribution is -0.122. The first-order valence-electron chi connectivity index (χ1n) is 8.06. The van der Waals surface area contributed by atoms with Gasteiger partial charge in [0.1, 0.15) is 0 Å². The molecule has 2 N–H and O–H groups in total. The zero-order chi connectivity index (χ0) is 16.8. The van der Waals surface area contributed by atoms with Gasteiger partial charge in [-0.1, -0.05) is 40.5 Å². The van der Waals surface area contributed by atoms with Crippen LogP contribution in [0.4, 0.5) is 0 Å². The van der Waals surface area contributed by atoms with E-state index in [1.165, 1.54) is 0 Å². The fraction of sp³-hybridized carbons (Fsp3) is 0.750. The lowest BCUT2D eigenvalue weighted by Gasteiger charge is -2.02. The van der Waals surface area contributed by atoms with Crippen LogP contribution in [0.3, 0.4) is 0 Å². The van der Waals surface area contributed by atoms with E-state index < -0.39 is 0 Å². The Hall–Kier alpha value is -1.72. The second-order valence-corrected chi connectivity index (χ2v) is 6.03. The van der Waals surface area contributed by atoms with Gasteiger partial charge in [-0.05, 0) is 24.7 Å². The molecule has 0 aliphatic rings. The van der Waals surface area contributed by atoms with E-state index in [4.69, 9.17) is 0 Å². The molecule has 6 nitrogen and oxygen atoms in total. The Kier molecular flexibility index (Phi) is 12.0. The summed E-state index contributed by atoms with van der Waals surface area (Å²) < 4.78 is 0. The van der Waals surface area contributed by atoms with Gasteiger partial charge < -0.3 is 0 Å². The molecule has 0 aromatic rings. The van der Waals surface area contributed by atoms with Crippen LogP contribution < -0.4 is 10.9 Å². The van der Waals surface area contributed by atoms with E-state index in [1.807, 2.05) is 27.7 Å². The van der Waals surface area contributed by atoms with Crippen molar-refractivity contribution in [2.75, 3.05) is 0 Å². The number of nitrogens with zero attached hydrogens (tertiary/aromatic N) is 2. The average molecular weight is 310 g/mol. The Balaban J connectivity index is 3.50. The summed E-state index contributed by atoms with van der Waals surface area (Å²) in [7, 11) is 0. The Morgan fingerprint density at radius 3 is 1.45 bits per heavy atom. The number of nitrogens with one attached hydrogen (secondary N) is 2. The first-order chi connectivity index (χ1) is 10.4. The van der Waals surface area contributed by atoms with Crippen molar-refractivity contribution in [3.63, 3.8) is 0 Å². The van der Waals surface area contributed by atoms with Crippen molar-refractivity contribution < 1.29 is 9.59 Å². The van der Waals surface area contributed by atoms with Gasteiger partial charge >= 0.3 is 0 Å². The molecule has 0 bridgehead atoms. The van der Waals surface area contributed by atoms with Gasteiger partial charge in [0.2, 0.25) is 11.8 Å². The minimum atomic E-state index is -0.0577. The number of hydrazone groups is 2. The lowest BCUT2D eigenvalue weighted by Crippen LogP contribution is -2.18. The summed E-state index contributed by atoms with van der Waals surface area (Å²) >= 11 is 0. The monoisotopic (exact) mass is 310 g/mol. The first-order valence-corrected chi connectivity index (χ1v) is 8.06. The normalized spacial score (nSPS) is 11.7. The number of hydrogen-bond acceptors (Lipinski definition) is 4. The molecule has 0 saturated heterocycles. The van der Waals surface area contributed by atoms with E-state index in [0.717, 1.165) is 25.7 Å². The molecule has 0 atom stereocenters. The molecular formula is C16H30N4O2. The third kappa shape index (κ3) is 14.7. The molecular weight excluding hydrogens is 280 g/mol. The minimum Gasteiger partial charge on any atom is -0.273 e. The predicted molar refractivity (Wildman–Crippen MR) is 90.6 cm³/mol. The lowest BCUT2D eigenvalue weighted by atomic mass is 10.1. The maximum Gasteiger partial charge on any atom is 0.240 e. The molecule has 0 saturated carbocycles. The minimum absolute atomic E-state index is 0.0577. The Labute approximate surface area is 133 Å². The maximum absolute atomic E-state index is 11.4. The summed E-state index contributed by atoms with van der Waals surface area (Å²) in [5.74, 6) is 0.544. The number of unbranched alkanes of at least 4 members (excludes halogenated alkanes) is 3. The van der Waals surface area contributed by atoms with E-state index in [1.54, 1.807) is 12.4 Å². The molecule has 0 aromatic heterocycles. The molecule has 2 amide bonds. The van der Waals surface area contributed by atoms with Crippen molar-refractivity contribution >= 4 is 24.2 Å². The molecule has 0 aliphatic heterocycles. The Morgan fingerprint density at radius 2 is 1.14 bits per heavy atom. The highest BCUT2D eigenvalue weighted by Crippen LogP contribution is 2.05. The van der Waals surface area contributed by atoms with Crippen LogP contribution in [0.15, 0.2) is 10.2 Å². The van der Waals surface area contributed by atoms with Gasteiger partial charge in [-0.15, -0.1) is 0 Å². The van der Waals surface area contributed by atoms with E-state index in [0.29, 0.717) is 24.7 Å². The number of carbonyl (C=O) groups is 2. The van der Waals surface area contributed by atoms with Crippen molar-refractivity contribution in [1.82, 2.24) is 10.9 Å². The van der Waals surface area contributed by atoms with Crippen molar-refractivity contribution in [3.05, 3.63) is 0 Å². The van der Waals surface area contributed by atoms with Crippen LogP contribution in [0.1, 0.15) is 66.2 Å². The molecule has 0 fully saturated rings. The van der Waals surface area contributed by atoms with Crippen molar-refractivity contribution in [2.45, 2.75) is 66.2 Å². The SMILES string of the molecule is CC(C)/C=N\NC(=O)CCCCCCC(=O)N/N=C\C(C)C. The fourth-order valence-electron chi connectivity index (χ4n) is 1.55. The summed E-state index contributed by atoms with van der Waals surface area (Å²) in [6.07, 6.45) is 7.86. The highest BCUT2D eigenvalue weighted by atomic mass is 16.2. The van der Waals surface area contributed by atoms with Gasteiger partial charge in [-0.3, -0.25) is 9.59 Å². The fourth-order valence-corrected chi connectivity index (χ4v) is 1.55. The number of rotatable bonds is 11. The molecule has 0 spiro atoms. The van der Waals surface area contributed by atoms with Crippen molar-refractivity contribution in [2.24, 2.45) is 22.0 Å². The van der Waals surface area contributed by atoms with E-state index >= 15 is 0 Å². The molecule has 0 aromatic carbocycles. The van der Waals surface area contributed by atoms with Gasteiger partial charge in [0.15, 0.2) is 0 Å². The highest BCUT2D eigenvalue weighted by molar-refractivity contribution is 5.77. The summed E-state index contributed by atoms with van der Waals surface area (Å²) in [5.41, 5.74) is 5.01. The van der Waals surface area contributed by atoms with E-state index in [-0.39, 0.29) is 11.8 Å². The van der Waals surface area contributed by atoms with E-state index in [2.05, 4.69) is 21.1 Å². The summed E-state index contributed by atoms with van der Waals surface area (Å²) in [6.45, 7) is 8.00. The van der Waals surface area contributed by atoms with Crippen LogP contribution in [0.25, 0.3) is 0 Å². The molecule has 126 valence electrons. The highest BCUT2D eigenvalue weighted by Gasteiger charge is 2.02. The average Bonchev–Trinajstić information content (AvgIpc) is 2.41. The zero-order valence-corrected chi connectivity index (χ0v) is 14.3. The van der Waals surface area contributed by atoms with Crippen LogP contribution >= 0.6 is 0 Å². The number of hydrogen-bond donors (Lipinski definition) is 2. The second kappa shape index (κ2) is 13.0. The van der Waals surface area contributed by atoms with Crippen LogP contribution in [0.5, 0.6) is 0 Å². The molecule has 0 unspecified atom stereocenters. The Bertz CT molecular complexity index is 340.